The molecule has 0 aliphatic heterocycles. The van der Waals surface area contributed by atoms with Gasteiger partial charge in [0.25, 0.3) is 0 Å². The molecule has 2 heteroatoms. The lowest BCUT2D eigenvalue weighted by Gasteiger charge is -2.02. The zero-order valence-electron chi connectivity index (χ0n) is 8.84. The minimum absolute atomic E-state index is 0.631. The Morgan fingerprint density at radius 2 is 2.23 bits per heavy atom. The molecule has 1 unspecified atom stereocenters. The SMILES string of the molecule is CCCCc1nc(C(C)CC)cs1. The van der Waals surface area contributed by atoms with Gasteiger partial charge >= 0.3 is 0 Å². The molecule has 0 radical (unpaired) electrons. The van der Waals surface area contributed by atoms with Gasteiger partial charge in [0, 0.05) is 5.38 Å². The number of thiazole rings is 1. The lowest BCUT2D eigenvalue weighted by Crippen LogP contribution is -1.92. The second-order valence-electron chi connectivity index (χ2n) is 3.58. The van der Waals surface area contributed by atoms with Crippen molar-refractivity contribution in [3.05, 3.63) is 16.1 Å². The van der Waals surface area contributed by atoms with E-state index in [-0.39, 0.29) is 0 Å². The molecule has 0 amide bonds. The van der Waals surface area contributed by atoms with Crippen LogP contribution in [0.2, 0.25) is 0 Å². The van der Waals surface area contributed by atoms with Crippen molar-refractivity contribution in [2.75, 3.05) is 0 Å². The summed E-state index contributed by atoms with van der Waals surface area (Å²) < 4.78 is 0. The van der Waals surface area contributed by atoms with Crippen molar-refractivity contribution < 1.29 is 0 Å². The van der Waals surface area contributed by atoms with Crippen LogP contribution < -0.4 is 0 Å². The first-order valence-corrected chi connectivity index (χ1v) is 6.10. The Hall–Kier alpha value is -0.370. The topological polar surface area (TPSA) is 12.9 Å². The number of aryl methyl sites for hydroxylation is 1. The molecule has 74 valence electrons. The maximum Gasteiger partial charge on any atom is 0.0928 e. The predicted octanol–water partition coefficient (Wildman–Crippen LogP) is 4.00. The number of hydrogen-bond acceptors (Lipinski definition) is 2. The maximum atomic E-state index is 4.64. The van der Waals surface area contributed by atoms with Crippen LogP contribution in [0.5, 0.6) is 0 Å². The van der Waals surface area contributed by atoms with Gasteiger partial charge in [-0.3, -0.25) is 0 Å². The molecule has 1 rings (SSSR count). The summed E-state index contributed by atoms with van der Waals surface area (Å²) in [5, 5.41) is 3.54. The second-order valence-corrected chi connectivity index (χ2v) is 4.52. The van der Waals surface area contributed by atoms with E-state index in [1.54, 1.807) is 0 Å². The Kier molecular flexibility index (Phi) is 4.43. The van der Waals surface area contributed by atoms with Crippen molar-refractivity contribution >= 4 is 11.3 Å². The molecule has 0 aliphatic rings. The minimum Gasteiger partial charge on any atom is -0.246 e. The molecule has 1 heterocycles. The highest BCUT2D eigenvalue weighted by Gasteiger charge is 2.07. The Bertz CT molecular complexity index is 242. The van der Waals surface area contributed by atoms with Crippen molar-refractivity contribution in [1.82, 2.24) is 4.98 Å². The van der Waals surface area contributed by atoms with E-state index in [1.807, 2.05) is 11.3 Å². The molecule has 0 spiro atoms. The minimum atomic E-state index is 0.631. The van der Waals surface area contributed by atoms with Gasteiger partial charge in [-0.25, -0.2) is 4.98 Å². The summed E-state index contributed by atoms with van der Waals surface area (Å²) in [5.41, 5.74) is 1.29. The lowest BCUT2D eigenvalue weighted by atomic mass is 10.1. The number of aromatic nitrogens is 1. The molecule has 1 nitrogen and oxygen atoms in total. The van der Waals surface area contributed by atoms with Gasteiger partial charge in [0.05, 0.1) is 10.7 Å². The summed E-state index contributed by atoms with van der Waals surface area (Å²) in [6.45, 7) is 6.69. The van der Waals surface area contributed by atoms with E-state index in [0.29, 0.717) is 5.92 Å². The molecule has 1 atom stereocenters. The summed E-state index contributed by atoms with van der Waals surface area (Å²) in [6.07, 6.45) is 4.89. The summed E-state index contributed by atoms with van der Waals surface area (Å²) in [7, 11) is 0. The van der Waals surface area contributed by atoms with Crippen molar-refractivity contribution in [3.63, 3.8) is 0 Å². The van der Waals surface area contributed by atoms with Crippen LogP contribution in [0.1, 0.15) is 56.7 Å². The van der Waals surface area contributed by atoms with Crippen molar-refractivity contribution in [3.8, 4) is 0 Å². The quantitative estimate of drug-likeness (QED) is 0.695. The van der Waals surface area contributed by atoms with Gasteiger partial charge in [0.2, 0.25) is 0 Å². The first kappa shape index (κ1) is 10.7. The molecular weight excluding hydrogens is 178 g/mol. The molecule has 0 saturated carbocycles. The number of hydrogen-bond donors (Lipinski definition) is 0. The molecule has 0 bridgehead atoms. The Morgan fingerprint density at radius 1 is 1.46 bits per heavy atom. The van der Waals surface area contributed by atoms with Crippen molar-refractivity contribution in [2.24, 2.45) is 0 Å². The van der Waals surface area contributed by atoms with E-state index in [1.165, 1.54) is 30.0 Å². The number of rotatable bonds is 5. The van der Waals surface area contributed by atoms with Crippen LogP contribution in [0.15, 0.2) is 5.38 Å². The fourth-order valence-corrected chi connectivity index (χ4v) is 2.17. The molecule has 0 saturated heterocycles. The lowest BCUT2D eigenvalue weighted by molar-refractivity contribution is 0.704. The predicted molar refractivity (Wildman–Crippen MR) is 59.4 cm³/mol. The molecule has 0 N–H and O–H groups in total. The largest absolute Gasteiger partial charge is 0.246 e. The fourth-order valence-electron chi connectivity index (χ4n) is 1.20. The zero-order chi connectivity index (χ0) is 9.68. The van der Waals surface area contributed by atoms with E-state index in [4.69, 9.17) is 0 Å². The smallest absolute Gasteiger partial charge is 0.0928 e. The summed E-state index contributed by atoms with van der Waals surface area (Å²) in [5.74, 6) is 0.631. The van der Waals surface area contributed by atoms with Crippen LogP contribution in [-0.2, 0) is 6.42 Å². The van der Waals surface area contributed by atoms with Crippen LogP contribution in [0.25, 0.3) is 0 Å². The van der Waals surface area contributed by atoms with Gasteiger partial charge in [0.15, 0.2) is 0 Å². The average Bonchev–Trinajstić information content (AvgIpc) is 2.62. The summed E-state index contributed by atoms with van der Waals surface area (Å²) in [4.78, 5) is 4.64. The van der Waals surface area contributed by atoms with Crippen molar-refractivity contribution in [2.45, 2.75) is 52.4 Å². The highest BCUT2D eigenvalue weighted by atomic mass is 32.1. The van der Waals surface area contributed by atoms with Crippen LogP contribution in [0.4, 0.5) is 0 Å². The van der Waals surface area contributed by atoms with E-state index < -0.39 is 0 Å². The Morgan fingerprint density at radius 3 is 2.85 bits per heavy atom. The third-order valence-electron chi connectivity index (χ3n) is 2.43. The summed E-state index contributed by atoms with van der Waals surface area (Å²) >= 11 is 1.82. The first-order valence-electron chi connectivity index (χ1n) is 5.22. The molecule has 0 fully saturated rings. The molecule has 0 aliphatic carbocycles. The highest BCUT2D eigenvalue weighted by Crippen LogP contribution is 2.21. The Labute approximate surface area is 85.2 Å². The molecule has 0 aromatic carbocycles. The van der Waals surface area contributed by atoms with Crippen LogP contribution >= 0.6 is 11.3 Å². The number of unbranched alkanes of at least 4 members (excludes halogenated alkanes) is 1. The van der Waals surface area contributed by atoms with Crippen LogP contribution in [0.3, 0.4) is 0 Å². The highest BCUT2D eigenvalue weighted by molar-refractivity contribution is 7.09. The average molecular weight is 197 g/mol. The maximum absolute atomic E-state index is 4.64. The van der Waals surface area contributed by atoms with E-state index in [2.05, 4.69) is 31.1 Å². The molecular formula is C11H19NS. The second kappa shape index (κ2) is 5.38. The molecule has 13 heavy (non-hydrogen) atoms. The fraction of sp³-hybridized carbons (Fsp3) is 0.727. The Balaban J connectivity index is 2.53. The van der Waals surface area contributed by atoms with E-state index >= 15 is 0 Å². The van der Waals surface area contributed by atoms with Crippen molar-refractivity contribution in [1.29, 1.82) is 0 Å². The third kappa shape index (κ3) is 3.11. The number of nitrogens with zero attached hydrogens (tertiary/aromatic N) is 1. The monoisotopic (exact) mass is 197 g/mol. The van der Waals surface area contributed by atoms with Gasteiger partial charge in [-0.1, -0.05) is 27.2 Å². The van der Waals surface area contributed by atoms with Crippen LogP contribution in [-0.4, -0.2) is 4.98 Å². The van der Waals surface area contributed by atoms with Gasteiger partial charge in [-0.05, 0) is 25.2 Å². The van der Waals surface area contributed by atoms with Gasteiger partial charge in [0.1, 0.15) is 0 Å². The van der Waals surface area contributed by atoms with E-state index in [9.17, 15) is 0 Å². The molecule has 1 aromatic rings. The first-order chi connectivity index (χ1) is 6.27. The van der Waals surface area contributed by atoms with Gasteiger partial charge < -0.3 is 0 Å². The van der Waals surface area contributed by atoms with Gasteiger partial charge in [-0.2, -0.15) is 0 Å². The molecule has 1 aromatic heterocycles. The van der Waals surface area contributed by atoms with E-state index in [0.717, 1.165) is 6.42 Å². The van der Waals surface area contributed by atoms with Gasteiger partial charge in [-0.15, -0.1) is 11.3 Å². The standard InChI is InChI=1S/C11H19NS/c1-4-6-7-11-12-10(8-13-11)9(3)5-2/h8-9H,4-7H2,1-3H3. The summed E-state index contributed by atoms with van der Waals surface area (Å²) in [6, 6.07) is 0. The third-order valence-corrected chi connectivity index (χ3v) is 3.36. The van der Waals surface area contributed by atoms with Crippen LogP contribution in [0, 0.1) is 0 Å². The zero-order valence-corrected chi connectivity index (χ0v) is 9.66. The normalized spacial score (nSPS) is 13.2.